The van der Waals surface area contributed by atoms with Crippen LogP contribution in [0, 0.1) is 6.92 Å². The fourth-order valence-corrected chi connectivity index (χ4v) is 5.63. The zero-order valence-corrected chi connectivity index (χ0v) is 24.1. The molecule has 0 saturated carbocycles. The number of hydrogen-bond donors (Lipinski definition) is 1. The first-order chi connectivity index (χ1) is 18.1. The molecule has 1 aromatic heterocycles. The van der Waals surface area contributed by atoms with Crippen LogP contribution in [0.4, 0.5) is 11.4 Å². The largest absolute Gasteiger partial charge is 0.464 e. The number of halogens is 1. The molecule has 0 aliphatic rings. The third-order valence-electron chi connectivity index (χ3n) is 5.98. The molecule has 0 aliphatic heterocycles. The first-order valence-corrected chi connectivity index (χ1v) is 13.6. The Hall–Kier alpha value is -3.26. The minimum absolute atomic E-state index is 0.258. The van der Waals surface area contributed by atoms with Gasteiger partial charge in [-0.15, -0.1) is 11.3 Å². The number of thiazole rings is 1. The van der Waals surface area contributed by atoms with Gasteiger partial charge < -0.3 is 14.8 Å². The van der Waals surface area contributed by atoms with Gasteiger partial charge in [-0.1, -0.05) is 23.7 Å². The van der Waals surface area contributed by atoms with E-state index < -0.39 is 17.7 Å². The fourth-order valence-electron chi connectivity index (χ4n) is 4.38. The molecule has 1 N–H and O–H groups in total. The number of esters is 1. The van der Waals surface area contributed by atoms with E-state index in [0.717, 1.165) is 54.4 Å². The Morgan fingerprint density at radius 3 is 2.45 bits per heavy atom. The standard InChI is InChI=1S/C30H32ClN3O3S/c1-8-36-29(35)26(37-30(3,4)5)24-17(2)15-23-27(25(24)18-9-12-20(31)13-10-18)38-28(34-23)19-11-14-21(32-6)22(16-19)33-7/h9-16,26,33H,6,8H2,1-5,7H3/t26-/m0/s1. The van der Waals surface area contributed by atoms with E-state index in [1.807, 2.05) is 83.3 Å². The maximum Gasteiger partial charge on any atom is 0.339 e. The van der Waals surface area contributed by atoms with E-state index >= 15 is 0 Å². The molecule has 0 radical (unpaired) electrons. The van der Waals surface area contributed by atoms with Gasteiger partial charge in [0.2, 0.25) is 0 Å². The average molecular weight is 550 g/mol. The van der Waals surface area contributed by atoms with Crippen LogP contribution in [0.3, 0.4) is 0 Å². The summed E-state index contributed by atoms with van der Waals surface area (Å²) in [6.45, 7) is 13.5. The smallest absolute Gasteiger partial charge is 0.339 e. The lowest BCUT2D eigenvalue weighted by molar-refractivity contribution is -0.166. The van der Waals surface area contributed by atoms with Gasteiger partial charge >= 0.3 is 5.97 Å². The van der Waals surface area contributed by atoms with Crippen molar-refractivity contribution in [2.45, 2.75) is 46.3 Å². The maximum atomic E-state index is 13.3. The second kappa shape index (κ2) is 11.2. The molecule has 1 atom stereocenters. The first kappa shape index (κ1) is 27.8. The summed E-state index contributed by atoms with van der Waals surface area (Å²) in [5.41, 5.74) is 6.32. The van der Waals surface area contributed by atoms with Gasteiger partial charge in [-0.05, 0) is 88.9 Å². The van der Waals surface area contributed by atoms with Gasteiger partial charge in [0.15, 0.2) is 6.10 Å². The summed E-state index contributed by atoms with van der Waals surface area (Å²) in [4.78, 5) is 22.4. The van der Waals surface area contributed by atoms with Crippen molar-refractivity contribution >= 4 is 57.2 Å². The molecule has 0 aliphatic carbocycles. The van der Waals surface area contributed by atoms with Crippen LogP contribution in [0.15, 0.2) is 53.5 Å². The number of carbonyl (C=O) groups excluding carboxylic acids is 1. The lowest BCUT2D eigenvalue weighted by Gasteiger charge is -2.29. The fraction of sp³-hybridized carbons (Fsp3) is 0.300. The van der Waals surface area contributed by atoms with Crippen LogP contribution < -0.4 is 5.32 Å². The molecule has 8 heteroatoms. The Morgan fingerprint density at radius 2 is 1.84 bits per heavy atom. The second-order valence-corrected chi connectivity index (χ2v) is 11.3. The molecule has 0 saturated heterocycles. The molecule has 1 heterocycles. The van der Waals surface area contributed by atoms with Crippen LogP contribution in [0.1, 0.15) is 44.9 Å². The number of nitrogens with zero attached hydrogens (tertiary/aromatic N) is 2. The van der Waals surface area contributed by atoms with Crippen LogP contribution in [0.5, 0.6) is 0 Å². The predicted molar refractivity (Wildman–Crippen MR) is 159 cm³/mol. The summed E-state index contributed by atoms with van der Waals surface area (Å²) in [6.07, 6.45) is -0.913. The number of benzene rings is 3. The highest BCUT2D eigenvalue weighted by Gasteiger charge is 2.33. The van der Waals surface area contributed by atoms with E-state index in [0.29, 0.717) is 5.02 Å². The lowest BCUT2D eigenvalue weighted by Crippen LogP contribution is -2.29. The molecule has 0 unspecified atom stereocenters. The van der Waals surface area contributed by atoms with Crippen molar-refractivity contribution in [1.82, 2.24) is 4.98 Å². The topological polar surface area (TPSA) is 72.8 Å². The van der Waals surface area contributed by atoms with Crippen LogP contribution in [0.2, 0.25) is 5.02 Å². The lowest BCUT2D eigenvalue weighted by atomic mass is 9.91. The normalized spacial score (nSPS) is 12.4. The van der Waals surface area contributed by atoms with Crippen LogP contribution in [-0.4, -0.2) is 36.9 Å². The Morgan fingerprint density at radius 1 is 1.16 bits per heavy atom. The summed E-state index contributed by atoms with van der Waals surface area (Å²) in [7, 11) is 1.85. The number of carbonyl (C=O) groups is 1. The summed E-state index contributed by atoms with van der Waals surface area (Å²) >= 11 is 7.81. The molecule has 38 heavy (non-hydrogen) atoms. The van der Waals surface area contributed by atoms with Crippen molar-refractivity contribution in [3.05, 3.63) is 64.7 Å². The Balaban J connectivity index is 2.02. The van der Waals surface area contributed by atoms with Gasteiger partial charge in [-0.2, -0.15) is 0 Å². The number of aromatic nitrogens is 1. The summed E-state index contributed by atoms with van der Waals surface area (Å²) in [6, 6.07) is 15.6. The number of hydrogen-bond acceptors (Lipinski definition) is 7. The minimum Gasteiger partial charge on any atom is -0.464 e. The summed E-state index contributed by atoms with van der Waals surface area (Å²) in [5, 5.41) is 4.66. The minimum atomic E-state index is -0.913. The third-order valence-corrected chi connectivity index (χ3v) is 7.37. The van der Waals surface area contributed by atoms with E-state index in [1.54, 1.807) is 18.3 Å². The second-order valence-electron chi connectivity index (χ2n) is 9.86. The SMILES string of the molecule is C=Nc1ccc(-c2nc3cc(C)c([C@H](OC(C)(C)C)C(=O)OCC)c(-c4ccc(Cl)cc4)c3s2)cc1NC. The van der Waals surface area contributed by atoms with Crippen molar-refractivity contribution in [3.63, 3.8) is 0 Å². The van der Waals surface area contributed by atoms with Gasteiger partial charge in [0.05, 0.1) is 33.8 Å². The van der Waals surface area contributed by atoms with E-state index in [9.17, 15) is 4.79 Å². The predicted octanol–water partition coefficient (Wildman–Crippen LogP) is 8.39. The first-order valence-electron chi connectivity index (χ1n) is 12.4. The van der Waals surface area contributed by atoms with Gasteiger partial charge in [-0.25, -0.2) is 9.78 Å². The molecular formula is C30H32ClN3O3S. The molecule has 0 bridgehead atoms. The average Bonchev–Trinajstić information content (AvgIpc) is 3.30. The quantitative estimate of drug-likeness (QED) is 0.176. The van der Waals surface area contributed by atoms with Crippen molar-refractivity contribution < 1.29 is 14.3 Å². The number of nitrogens with one attached hydrogen (secondary N) is 1. The summed E-state index contributed by atoms with van der Waals surface area (Å²) in [5.74, 6) is -0.420. The van der Waals surface area contributed by atoms with Crippen molar-refractivity contribution in [2.24, 2.45) is 4.99 Å². The molecule has 6 nitrogen and oxygen atoms in total. The number of aliphatic imine (C=N–C) groups is 1. The van der Waals surface area contributed by atoms with Crippen LogP contribution in [0.25, 0.3) is 31.9 Å². The highest BCUT2D eigenvalue weighted by molar-refractivity contribution is 7.22. The molecule has 4 rings (SSSR count). The van der Waals surface area contributed by atoms with E-state index in [1.165, 1.54) is 0 Å². The Kier molecular flexibility index (Phi) is 8.21. The molecule has 0 amide bonds. The number of rotatable bonds is 8. The van der Waals surface area contributed by atoms with Crippen LogP contribution in [-0.2, 0) is 14.3 Å². The summed E-state index contributed by atoms with van der Waals surface area (Å²) < 4.78 is 12.8. The number of anilines is 1. The Bertz CT molecular complexity index is 1490. The number of aryl methyl sites for hydroxylation is 1. The van der Waals surface area contributed by atoms with E-state index in [4.69, 9.17) is 26.1 Å². The van der Waals surface area contributed by atoms with Crippen molar-refractivity contribution in [2.75, 3.05) is 19.0 Å². The molecule has 0 fully saturated rings. The van der Waals surface area contributed by atoms with Crippen molar-refractivity contribution in [1.29, 1.82) is 0 Å². The Labute approximate surface area is 232 Å². The van der Waals surface area contributed by atoms with E-state index in [2.05, 4.69) is 17.0 Å². The van der Waals surface area contributed by atoms with Gasteiger partial charge in [0, 0.05) is 28.8 Å². The zero-order valence-electron chi connectivity index (χ0n) is 22.5. The molecular weight excluding hydrogens is 518 g/mol. The highest BCUT2D eigenvalue weighted by atomic mass is 35.5. The highest BCUT2D eigenvalue weighted by Crippen LogP contribution is 2.45. The third kappa shape index (κ3) is 5.75. The number of fused-ring (bicyclic) bond motifs is 1. The maximum absolute atomic E-state index is 13.3. The van der Waals surface area contributed by atoms with E-state index in [-0.39, 0.29) is 6.61 Å². The van der Waals surface area contributed by atoms with Gasteiger partial charge in [-0.3, -0.25) is 4.99 Å². The van der Waals surface area contributed by atoms with Gasteiger partial charge in [0.25, 0.3) is 0 Å². The van der Waals surface area contributed by atoms with Crippen molar-refractivity contribution in [3.8, 4) is 21.7 Å². The van der Waals surface area contributed by atoms with Crippen LogP contribution >= 0.6 is 22.9 Å². The monoisotopic (exact) mass is 549 g/mol. The van der Waals surface area contributed by atoms with Gasteiger partial charge in [0.1, 0.15) is 5.01 Å². The number of ether oxygens (including phenoxy) is 2. The molecule has 4 aromatic rings. The molecule has 3 aromatic carbocycles. The molecule has 198 valence electrons. The zero-order chi connectivity index (χ0) is 27.6. The molecule has 0 spiro atoms.